The van der Waals surface area contributed by atoms with Crippen molar-refractivity contribution < 1.29 is 9.47 Å². The molecule has 20 heavy (non-hydrogen) atoms. The zero-order valence-electron chi connectivity index (χ0n) is 11.6. The number of aromatic nitrogens is 1. The van der Waals surface area contributed by atoms with Crippen molar-refractivity contribution in [3.8, 4) is 22.8 Å². The molecule has 2 aromatic rings. The SMILES string of the molecule is COc1ccc(OC)c(-c2ccc(CCl)c(=O)n2C)c1. The van der Waals surface area contributed by atoms with Crippen LogP contribution in [0.4, 0.5) is 0 Å². The summed E-state index contributed by atoms with van der Waals surface area (Å²) in [6, 6.07) is 9.07. The molecule has 0 bridgehead atoms. The van der Waals surface area contributed by atoms with E-state index in [2.05, 4.69) is 0 Å². The highest BCUT2D eigenvalue weighted by Gasteiger charge is 2.12. The molecular weight excluding hydrogens is 278 g/mol. The van der Waals surface area contributed by atoms with Gasteiger partial charge in [0.15, 0.2) is 0 Å². The maximum absolute atomic E-state index is 12.2. The molecule has 1 heterocycles. The quantitative estimate of drug-likeness (QED) is 0.814. The van der Waals surface area contributed by atoms with E-state index in [1.807, 2.05) is 24.3 Å². The molecule has 1 aromatic carbocycles. The number of pyridine rings is 1. The second kappa shape index (κ2) is 6.01. The third-order valence-corrected chi connectivity index (χ3v) is 3.50. The number of rotatable bonds is 4. The Morgan fingerprint density at radius 1 is 1.15 bits per heavy atom. The third kappa shape index (κ3) is 2.51. The highest BCUT2D eigenvalue weighted by molar-refractivity contribution is 6.17. The van der Waals surface area contributed by atoms with Gasteiger partial charge >= 0.3 is 0 Å². The van der Waals surface area contributed by atoms with Crippen molar-refractivity contribution in [2.45, 2.75) is 5.88 Å². The molecule has 0 saturated carbocycles. The molecule has 0 unspecified atom stereocenters. The van der Waals surface area contributed by atoms with Crippen LogP contribution in [0.1, 0.15) is 5.56 Å². The normalized spacial score (nSPS) is 10.4. The molecular formula is C15H16ClNO3. The number of benzene rings is 1. The molecule has 0 aliphatic rings. The lowest BCUT2D eigenvalue weighted by molar-refractivity contribution is 0.404. The minimum Gasteiger partial charge on any atom is -0.497 e. The van der Waals surface area contributed by atoms with E-state index in [1.165, 1.54) is 0 Å². The van der Waals surface area contributed by atoms with Crippen molar-refractivity contribution in [1.29, 1.82) is 0 Å². The van der Waals surface area contributed by atoms with Gasteiger partial charge in [0.1, 0.15) is 11.5 Å². The topological polar surface area (TPSA) is 40.5 Å². The zero-order valence-corrected chi connectivity index (χ0v) is 12.4. The van der Waals surface area contributed by atoms with E-state index >= 15 is 0 Å². The summed E-state index contributed by atoms with van der Waals surface area (Å²) in [5.41, 5.74) is 2.01. The summed E-state index contributed by atoms with van der Waals surface area (Å²) in [5.74, 6) is 1.58. The molecule has 2 rings (SSSR count). The van der Waals surface area contributed by atoms with Crippen LogP contribution in [0.2, 0.25) is 0 Å². The smallest absolute Gasteiger partial charge is 0.255 e. The van der Waals surface area contributed by atoms with Crippen LogP contribution in [-0.4, -0.2) is 18.8 Å². The maximum Gasteiger partial charge on any atom is 0.255 e. The highest BCUT2D eigenvalue weighted by Crippen LogP contribution is 2.32. The van der Waals surface area contributed by atoms with Gasteiger partial charge in [0.05, 0.1) is 25.8 Å². The number of halogens is 1. The molecule has 5 heteroatoms. The fourth-order valence-electron chi connectivity index (χ4n) is 2.07. The molecule has 4 nitrogen and oxygen atoms in total. The largest absolute Gasteiger partial charge is 0.497 e. The van der Waals surface area contributed by atoms with Gasteiger partial charge in [-0.3, -0.25) is 4.79 Å². The Kier molecular flexibility index (Phi) is 4.35. The molecule has 0 saturated heterocycles. The first-order chi connectivity index (χ1) is 9.62. The van der Waals surface area contributed by atoms with Gasteiger partial charge in [-0.25, -0.2) is 0 Å². The molecule has 0 fully saturated rings. The lowest BCUT2D eigenvalue weighted by atomic mass is 10.1. The van der Waals surface area contributed by atoms with E-state index < -0.39 is 0 Å². The molecule has 0 N–H and O–H groups in total. The number of methoxy groups -OCH3 is 2. The monoisotopic (exact) mass is 293 g/mol. The molecule has 0 atom stereocenters. The van der Waals surface area contributed by atoms with E-state index in [4.69, 9.17) is 21.1 Å². The Balaban J connectivity index is 2.67. The number of hydrogen-bond donors (Lipinski definition) is 0. The number of alkyl halides is 1. The Morgan fingerprint density at radius 3 is 2.50 bits per heavy atom. The van der Waals surface area contributed by atoms with Crippen LogP contribution in [0.5, 0.6) is 11.5 Å². The minimum absolute atomic E-state index is 0.109. The van der Waals surface area contributed by atoms with Gasteiger partial charge < -0.3 is 14.0 Å². The van der Waals surface area contributed by atoms with Crippen LogP contribution in [0.15, 0.2) is 35.1 Å². The van der Waals surface area contributed by atoms with Crippen LogP contribution in [0.25, 0.3) is 11.3 Å². The van der Waals surface area contributed by atoms with Crippen LogP contribution in [0.3, 0.4) is 0 Å². The minimum atomic E-state index is -0.109. The number of nitrogens with zero attached hydrogens (tertiary/aromatic N) is 1. The molecule has 1 aromatic heterocycles. The van der Waals surface area contributed by atoms with Gasteiger partial charge in [-0.05, 0) is 24.3 Å². The lowest BCUT2D eigenvalue weighted by Crippen LogP contribution is -2.21. The summed E-state index contributed by atoms with van der Waals surface area (Å²) < 4.78 is 12.1. The summed E-state index contributed by atoms with van der Waals surface area (Å²) in [4.78, 5) is 12.2. The second-order valence-corrected chi connectivity index (χ2v) is 4.58. The van der Waals surface area contributed by atoms with Crippen LogP contribution < -0.4 is 15.0 Å². The van der Waals surface area contributed by atoms with Gasteiger partial charge in [-0.1, -0.05) is 6.07 Å². The van der Waals surface area contributed by atoms with E-state index in [0.29, 0.717) is 17.1 Å². The summed E-state index contributed by atoms with van der Waals surface area (Å²) >= 11 is 5.75. The lowest BCUT2D eigenvalue weighted by Gasteiger charge is -2.14. The molecule has 0 spiro atoms. The standard InChI is InChI=1S/C15H16ClNO3/c1-17-13(6-4-10(9-16)15(17)18)12-8-11(19-2)5-7-14(12)20-3/h4-8H,9H2,1-3H3. The summed E-state index contributed by atoms with van der Waals surface area (Å²) in [7, 11) is 4.91. The zero-order chi connectivity index (χ0) is 14.7. The third-order valence-electron chi connectivity index (χ3n) is 3.21. The predicted molar refractivity (Wildman–Crippen MR) is 79.8 cm³/mol. The van der Waals surface area contributed by atoms with E-state index in [0.717, 1.165) is 11.3 Å². The van der Waals surface area contributed by atoms with Crippen LogP contribution >= 0.6 is 11.6 Å². The number of ether oxygens (including phenoxy) is 2. The van der Waals surface area contributed by atoms with Crippen molar-refractivity contribution in [2.24, 2.45) is 7.05 Å². The van der Waals surface area contributed by atoms with Gasteiger partial charge in [0.2, 0.25) is 0 Å². The second-order valence-electron chi connectivity index (χ2n) is 4.31. The fraction of sp³-hybridized carbons (Fsp3) is 0.267. The van der Waals surface area contributed by atoms with Crippen molar-refractivity contribution in [3.63, 3.8) is 0 Å². The predicted octanol–water partition coefficient (Wildman–Crippen LogP) is 2.81. The van der Waals surface area contributed by atoms with E-state index in [9.17, 15) is 4.79 Å². The first-order valence-corrected chi connectivity index (χ1v) is 6.63. The maximum atomic E-state index is 12.2. The average Bonchev–Trinajstić information content (AvgIpc) is 2.49. The molecule has 0 aliphatic heterocycles. The van der Waals surface area contributed by atoms with Crippen molar-refractivity contribution >= 4 is 11.6 Å². The van der Waals surface area contributed by atoms with Gasteiger partial charge in [-0.15, -0.1) is 11.6 Å². The molecule has 0 aliphatic carbocycles. The van der Waals surface area contributed by atoms with Crippen molar-refractivity contribution in [2.75, 3.05) is 14.2 Å². The van der Waals surface area contributed by atoms with Crippen LogP contribution in [-0.2, 0) is 12.9 Å². The Hall–Kier alpha value is -1.94. The van der Waals surface area contributed by atoms with Gasteiger partial charge in [-0.2, -0.15) is 0 Å². The molecule has 106 valence electrons. The first-order valence-electron chi connectivity index (χ1n) is 6.09. The first kappa shape index (κ1) is 14.5. The fourth-order valence-corrected chi connectivity index (χ4v) is 2.28. The van der Waals surface area contributed by atoms with E-state index in [1.54, 1.807) is 31.9 Å². The molecule has 0 amide bonds. The van der Waals surface area contributed by atoms with Crippen LogP contribution in [0, 0.1) is 0 Å². The average molecular weight is 294 g/mol. The van der Waals surface area contributed by atoms with Crippen molar-refractivity contribution in [1.82, 2.24) is 4.57 Å². The van der Waals surface area contributed by atoms with Gasteiger partial charge in [0.25, 0.3) is 5.56 Å². The van der Waals surface area contributed by atoms with Gasteiger partial charge in [0, 0.05) is 18.2 Å². The summed E-state index contributed by atoms with van der Waals surface area (Å²) in [6.45, 7) is 0. The van der Waals surface area contributed by atoms with Crippen molar-refractivity contribution in [3.05, 3.63) is 46.2 Å². The Morgan fingerprint density at radius 2 is 1.90 bits per heavy atom. The number of hydrogen-bond acceptors (Lipinski definition) is 3. The Labute approximate surface area is 122 Å². The highest BCUT2D eigenvalue weighted by atomic mass is 35.5. The molecule has 0 radical (unpaired) electrons. The van der Waals surface area contributed by atoms with E-state index in [-0.39, 0.29) is 11.4 Å². The summed E-state index contributed by atoms with van der Waals surface area (Å²) in [6.07, 6.45) is 0. The Bertz CT molecular complexity index is 679. The summed E-state index contributed by atoms with van der Waals surface area (Å²) in [5, 5.41) is 0.